The van der Waals surface area contributed by atoms with Crippen molar-refractivity contribution in [3.8, 4) is 0 Å². The van der Waals surface area contributed by atoms with Crippen molar-refractivity contribution in [3.05, 3.63) is 0 Å². The van der Waals surface area contributed by atoms with E-state index in [2.05, 4.69) is 15.5 Å². The van der Waals surface area contributed by atoms with Gasteiger partial charge in [-0.05, 0) is 33.1 Å². The summed E-state index contributed by atoms with van der Waals surface area (Å²) in [4.78, 5) is 14.8. The number of carbonyl (C=O) groups excluding carboxylic acids is 1. The van der Waals surface area contributed by atoms with Gasteiger partial charge in [-0.25, -0.2) is 0 Å². The zero-order chi connectivity index (χ0) is 13.9. The maximum absolute atomic E-state index is 12.6. The first-order valence-corrected chi connectivity index (χ1v) is 7.35. The van der Waals surface area contributed by atoms with Crippen molar-refractivity contribution in [1.29, 1.82) is 0 Å². The Morgan fingerprint density at radius 1 is 1.32 bits per heavy atom. The molecule has 1 aliphatic carbocycles. The topological polar surface area (TPSA) is 53.6 Å². The van der Waals surface area contributed by atoms with E-state index in [1.807, 2.05) is 13.8 Å². The summed E-state index contributed by atoms with van der Waals surface area (Å²) in [6, 6.07) is 0.180. The van der Waals surface area contributed by atoms with Crippen LogP contribution < -0.4 is 10.6 Å². The Kier molecular flexibility index (Phi) is 4.81. The van der Waals surface area contributed by atoms with E-state index in [0.717, 1.165) is 45.4 Å². The number of hydrogen-bond donors (Lipinski definition) is 2. The lowest BCUT2D eigenvalue weighted by molar-refractivity contribution is -0.133. The highest BCUT2D eigenvalue weighted by atomic mass is 16.5. The van der Waals surface area contributed by atoms with Crippen LogP contribution in [-0.4, -0.2) is 61.8 Å². The van der Waals surface area contributed by atoms with E-state index in [9.17, 15) is 4.79 Å². The largest absolute Gasteiger partial charge is 0.379 e. The van der Waals surface area contributed by atoms with Gasteiger partial charge in [-0.3, -0.25) is 9.69 Å². The molecule has 0 aromatic heterocycles. The van der Waals surface area contributed by atoms with E-state index in [1.165, 1.54) is 0 Å². The molecular formula is C14H27N3O2. The van der Waals surface area contributed by atoms with Gasteiger partial charge in [0.2, 0.25) is 5.91 Å². The third-order valence-corrected chi connectivity index (χ3v) is 4.54. The molecule has 110 valence electrons. The van der Waals surface area contributed by atoms with Crippen LogP contribution in [0.4, 0.5) is 0 Å². The standard InChI is InChI=1S/C14H27N3O2/c1-14(2,17-9-7-15-8-10-17)13(18)16-11-5-4-6-12(11)19-3/h11-12,15H,4-10H2,1-3H3,(H,16,18). The summed E-state index contributed by atoms with van der Waals surface area (Å²) in [5.74, 6) is 0.128. The molecule has 0 radical (unpaired) electrons. The highest BCUT2D eigenvalue weighted by molar-refractivity contribution is 5.85. The van der Waals surface area contributed by atoms with Crippen molar-refractivity contribution in [2.75, 3.05) is 33.3 Å². The second-order valence-corrected chi connectivity index (χ2v) is 6.08. The van der Waals surface area contributed by atoms with Gasteiger partial charge in [0.25, 0.3) is 0 Å². The lowest BCUT2D eigenvalue weighted by Crippen LogP contribution is -2.61. The van der Waals surface area contributed by atoms with Crippen LogP contribution >= 0.6 is 0 Å². The van der Waals surface area contributed by atoms with Crippen LogP contribution in [-0.2, 0) is 9.53 Å². The molecule has 5 heteroatoms. The van der Waals surface area contributed by atoms with E-state index in [4.69, 9.17) is 4.74 Å². The molecule has 1 aliphatic heterocycles. The van der Waals surface area contributed by atoms with E-state index in [1.54, 1.807) is 7.11 Å². The Labute approximate surface area is 116 Å². The summed E-state index contributed by atoms with van der Waals surface area (Å²) >= 11 is 0. The minimum atomic E-state index is -0.441. The van der Waals surface area contributed by atoms with Gasteiger partial charge in [0.15, 0.2) is 0 Å². The fraction of sp³-hybridized carbons (Fsp3) is 0.929. The molecule has 0 spiro atoms. The molecule has 0 bridgehead atoms. The molecule has 1 amide bonds. The van der Waals surface area contributed by atoms with E-state index < -0.39 is 5.54 Å². The van der Waals surface area contributed by atoms with E-state index >= 15 is 0 Å². The Balaban J connectivity index is 1.93. The maximum Gasteiger partial charge on any atom is 0.240 e. The molecule has 2 unspecified atom stereocenters. The number of amides is 1. The number of piperazine rings is 1. The number of nitrogens with zero attached hydrogens (tertiary/aromatic N) is 1. The highest BCUT2D eigenvalue weighted by Gasteiger charge is 2.38. The molecule has 2 fully saturated rings. The minimum absolute atomic E-state index is 0.128. The molecule has 0 aromatic carbocycles. The summed E-state index contributed by atoms with van der Waals surface area (Å²) in [6.07, 6.45) is 3.40. The zero-order valence-electron chi connectivity index (χ0n) is 12.4. The van der Waals surface area contributed by atoms with Crippen LogP contribution in [0.1, 0.15) is 33.1 Å². The van der Waals surface area contributed by atoms with Crippen LogP contribution in [0.15, 0.2) is 0 Å². The molecule has 2 rings (SSSR count). The van der Waals surface area contributed by atoms with Crippen molar-refractivity contribution < 1.29 is 9.53 Å². The third-order valence-electron chi connectivity index (χ3n) is 4.54. The van der Waals surface area contributed by atoms with Crippen LogP contribution in [0.25, 0.3) is 0 Å². The number of methoxy groups -OCH3 is 1. The minimum Gasteiger partial charge on any atom is -0.379 e. The maximum atomic E-state index is 12.6. The normalized spacial score (nSPS) is 29.4. The molecule has 1 saturated heterocycles. The zero-order valence-corrected chi connectivity index (χ0v) is 12.4. The molecule has 2 atom stereocenters. The fourth-order valence-corrected chi connectivity index (χ4v) is 3.09. The monoisotopic (exact) mass is 269 g/mol. The summed E-state index contributed by atoms with van der Waals surface area (Å²) < 4.78 is 5.44. The van der Waals surface area contributed by atoms with Gasteiger partial charge < -0.3 is 15.4 Å². The quantitative estimate of drug-likeness (QED) is 0.773. The first-order valence-electron chi connectivity index (χ1n) is 7.35. The van der Waals surface area contributed by atoms with Crippen LogP contribution in [0, 0.1) is 0 Å². The van der Waals surface area contributed by atoms with Crippen LogP contribution in [0.3, 0.4) is 0 Å². The molecule has 2 N–H and O–H groups in total. The van der Waals surface area contributed by atoms with E-state index in [0.29, 0.717) is 0 Å². The number of nitrogens with one attached hydrogen (secondary N) is 2. The predicted molar refractivity (Wildman–Crippen MR) is 75.1 cm³/mol. The summed E-state index contributed by atoms with van der Waals surface area (Å²) in [5, 5.41) is 6.51. The number of ether oxygens (including phenoxy) is 1. The van der Waals surface area contributed by atoms with E-state index in [-0.39, 0.29) is 18.1 Å². The highest BCUT2D eigenvalue weighted by Crippen LogP contribution is 2.23. The average molecular weight is 269 g/mol. The molecule has 1 saturated carbocycles. The fourth-order valence-electron chi connectivity index (χ4n) is 3.09. The number of carbonyl (C=O) groups is 1. The second kappa shape index (κ2) is 6.20. The van der Waals surface area contributed by atoms with Gasteiger partial charge in [-0.2, -0.15) is 0 Å². The summed E-state index contributed by atoms with van der Waals surface area (Å²) in [5.41, 5.74) is -0.441. The summed E-state index contributed by atoms with van der Waals surface area (Å²) in [6.45, 7) is 7.81. The van der Waals surface area contributed by atoms with Crippen molar-refractivity contribution in [1.82, 2.24) is 15.5 Å². The van der Waals surface area contributed by atoms with Crippen LogP contribution in [0.2, 0.25) is 0 Å². The van der Waals surface area contributed by atoms with Gasteiger partial charge in [0.05, 0.1) is 17.7 Å². The summed E-state index contributed by atoms with van der Waals surface area (Å²) in [7, 11) is 1.73. The van der Waals surface area contributed by atoms with Crippen LogP contribution in [0.5, 0.6) is 0 Å². The first kappa shape index (κ1) is 14.8. The van der Waals surface area contributed by atoms with Crippen molar-refractivity contribution in [2.45, 2.75) is 50.8 Å². The average Bonchev–Trinajstić information content (AvgIpc) is 2.87. The Morgan fingerprint density at radius 3 is 2.63 bits per heavy atom. The lowest BCUT2D eigenvalue weighted by Gasteiger charge is -2.40. The van der Waals surface area contributed by atoms with Gasteiger partial charge in [0.1, 0.15) is 0 Å². The molecule has 2 aliphatic rings. The van der Waals surface area contributed by atoms with Crippen molar-refractivity contribution >= 4 is 5.91 Å². The molecular weight excluding hydrogens is 242 g/mol. The second-order valence-electron chi connectivity index (χ2n) is 6.08. The molecule has 0 aromatic rings. The lowest BCUT2D eigenvalue weighted by atomic mass is 9.99. The van der Waals surface area contributed by atoms with Gasteiger partial charge in [-0.1, -0.05) is 0 Å². The smallest absolute Gasteiger partial charge is 0.240 e. The van der Waals surface area contributed by atoms with Gasteiger partial charge in [-0.15, -0.1) is 0 Å². The number of hydrogen-bond acceptors (Lipinski definition) is 4. The molecule has 19 heavy (non-hydrogen) atoms. The first-order chi connectivity index (χ1) is 9.05. The third kappa shape index (κ3) is 3.27. The Hall–Kier alpha value is -0.650. The SMILES string of the molecule is COC1CCCC1NC(=O)C(C)(C)N1CCNCC1. The van der Waals surface area contributed by atoms with Crippen molar-refractivity contribution in [3.63, 3.8) is 0 Å². The van der Waals surface area contributed by atoms with Crippen molar-refractivity contribution in [2.24, 2.45) is 0 Å². The molecule has 1 heterocycles. The predicted octanol–water partition coefficient (Wildman–Crippen LogP) is 0.354. The Morgan fingerprint density at radius 2 is 2.00 bits per heavy atom. The molecule has 5 nitrogen and oxygen atoms in total. The van der Waals surface area contributed by atoms with Gasteiger partial charge >= 0.3 is 0 Å². The Bertz CT molecular complexity index is 314. The number of rotatable bonds is 4. The van der Waals surface area contributed by atoms with Gasteiger partial charge in [0, 0.05) is 33.3 Å².